The van der Waals surface area contributed by atoms with Crippen molar-refractivity contribution >= 4 is 34.1 Å². The third-order valence-electron chi connectivity index (χ3n) is 3.97. The average molecular weight is 431 g/mol. The molecular formula is C18H18N6O3S2. The predicted molar refractivity (Wildman–Crippen MR) is 111 cm³/mol. The molecule has 0 unspecified atom stereocenters. The number of rotatable bonds is 7. The van der Waals surface area contributed by atoms with Gasteiger partial charge in [0.2, 0.25) is 5.16 Å². The third kappa shape index (κ3) is 4.13. The van der Waals surface area contributed by atoms with E-state index < -0.39 is 5.97 Å². The maximum absolute atomic E-state index is 12.2. The summed E-state index contributed by atoms with van der Waals surface area (Å²) in [6.07, 6.45) is 0. The molecule has 2 heterocycles. The van der Waals surface area contributed by atoms with Gasteiger partial charge in [0.05, 0.1) is 19.3 Å². The minimum atomic E-state index is -0.505. The molecule has 0 aliphatic carbocycles. The number of nitriles is 1. The Bertz CT molecular complexity index is 1070. The number of hydrogen-bond donors (Lipinski definition) is 2. The standard InChI is InChI=1S/C18H18N6O3S2/c1-3-27-17(25)14-13(12(8-19)15(20)29-14)9-28-18-23-22-16(24(18)21)10-4-6-11(26-2)7-5-10/h4-7H,3,9,20-21H2,1-2H3. The number of aromatic nitrogens is 3. The molecule has 11 heteroatoms. The Morgan fingerprint density at radius 3 is 2.69 bits per heavy atom. The SMILES string of the molecule is CCOC(=O)c1sc(N)c(C#N)c1CSc1nnc(-c2ccc(OC)cc2)n1N. The molecule has 0 bridgehead atoms. The molecule has 0 fully saturated rings. The molecule has 0 saturated carbocycles. The topological polar surface area (TPSA) is 142 Å². The van der Waals surface area contributed by atoms with E-state index in [-0.39, 0.29) is 22.9 Å². The summed E-state index contributed by atoms with van der Waals surface area (Å²) < 4.78 is 11.6. The van der Waals surface area contributed by atoms with Crippen LogP contribution < -0.4 is 16.3 Å². The monoisotopic (exact) mass is 430 g/mol. The molecule has 0 saturated heterocycles. The van der Waals surface area contributed by atoms with Gasteiger partial charge in [0.1, 0.15) is 21.7 Å². The van der Waals surface area contributed by atoms with Crippen molar-refractivity contribution in [2.75, 3.05) is 25.3 Å². The van der Waals surface area contributed by atoms with Gasteiger partial charge in [-0.3, -0.25) is 0 Å². The number of carbonyl (C=O) groups is 1. The van der Waals surface area contributed by atoms with E-state index in [2.05, 4.69) is 16.3 Å². The lowest BCUT2D eigenvalue weighted by Crippen LogP contribution is -2.12. The van der Waals surface area contributed by atoms with Crippen LogP contribution in [-0.2, 0) is 10.5 Å². The smallest absolute Gasteiger partial charge is 0.348 e. The van der Waals surface area contributed by atoms with Crippen molar-refractivity contribution in [2.45, 2.75) is 17.8 Å². The number of hydrogen-bond acceptors (Lipinski definition) is 10. The first-order chi connectivity index (χ1) is 14.0. The van der Waals surface area contributed by atoms with Gasteiger partial charge >= 0.3 is 5.97 Å². The molecule has 0 aliphatic rings. The summed E-state index contributed by atoms with van der Waals surface area (Å²) in [7, 11) is 1.59. The molecule has 150 valence electrons. The van der Waals surface area contributed by atoms with Gasteiger partial charge in [0.25, 0.3) is 0 Å². The van der Waals surface area contributed by atoms with Crippen molar-refractivity contribution in [1.29, 1.82) is 5.26 Å². The molecule has 0 spiro atoms. The van der Waals surface area contributed by atoms with E-state index in [9.17, 15) is 10.1 Å². The number of ether oxygens (including phenoxy) is 2. The molecule has 3 rings (SSSR count). The van der Waals surface area contributed by atoms with Crippen molar-refractivity contribution in [3.8, 4) is 23.2 Å². The summed E-state index contributed by atoms with van der Waals surface area (Å²) >= 11 is 2.29. The second-order valence-electron chi connectivity index (χ2n) is 5.67. The zero-order chi connectivity index (χ0) is 21.0. The molecule has 1 aromatic carbocycles. The maximum atomic E-state index is 12.2. The quantitative estimate of drug-likeness (QED) is 0.328. The molecular weight excluding hydrogens is 412 g/mol. The van der Waals surface area contributed by atoms with Gasteiger partial charge in [-0.05, 0) is 31.2 Å². The van der Waals surface area contributed by atoms with Gasteiger partial charge in [-0.2, -0.15) is 5.26 Å². The van der Waals surface area contributed by atoms with Crippen LogP contribution in [0.15, 0.2) is 29.4 Å². The molecule has 0 aliphatic heterocycles. The van der Waals surface area contributed by atoms with E-state index in [1.54, 1.807) is 26.2 Å². The minimum absolute atomic E-state index is 0.230. The second kappa shape index (κ2) is 8.85. The Hall–Kier alpha value is -3.23. The van der Waals surface area contributed by atoms with Crippen molar-refractivity contribution in [3.63, 3.8) is 0 Å². The minimum Gasteiger partial charge on any atom is -0.497 e. The van der Waals surface area contributed by atoms with Crippen LogP contribution in [0.2, 0.25) is 0 Å². The van der Waals surface area contributed by atoms with Gasteiger partial charge in [0.15, 0.2) is 5.82 Å². The third-order valence-corrected chi connectivity index (χ3v) is 5.98. The Labute approximate surface area is 175 Å². The van der Waals surface area contributed by atoms with Crippen LogP contribution in [0.4, 0.5) is 5.00 Å². The van der Waals surface area contributed by atoms with E-state index >= 15 is 0 Å². The van der Waals surface area contributed by atoms with Crippen LogP contribution in [0, 0.1) is 11.3 Å². The van der Waals surface area contributed by atoms with Crippen LogP contribution in [0.3, 0.4) is 0 Å². The summed E-state index contributed by atoms with van der Waals surface area (Å²) in [5.41, 5.74) is 7.45. The zero-order valence-corrected chi connectivity index (χ0v) is 17.3. The highest BCUT2D eigenvalue weighted by atomic mass is 32.2. The normalized spacial score (nSPS) is 10.5. The first kappa shape index (κ1) is 20.5. The van der Waals surface area contributed by atoms with Crippen LogP contribution in [0.5, 0.6) is 5.75 Å². The van der Waals surface area contributed by atoms with Crippen molar-refractivity contribution < 1.29 is 14.3 Å². The van der Waals surface area contributed by atoms with Crippen LogP contribution in [0.1, 0.15) is 27.7 Å². The number of nitrogen functional groups attached to an aromatic ring is 2. The molecule has 9 nitrogen and oxygen atoms in total. The number of nitrogens with two attached hydrogens (primary N) is 2. The zero-order valence-electron chi connectivity index (χ0n) is 15.7. The Morgan fingerprint density at radius 1 is 1.34 bits per heavy atom. The lowest BCUT2D eigenvalue weighted by Gasteiger charge is -2.06. The Balaban J connectivity index is 1.85. The highest BCUT2D eigenvalue weighted by Gasteiger charge is 2.24. The van der Waals surface area contributed by atoms with Crippen LogP contribution in [-0.4, -0.2) is 34.6 Å². The van der Waals surface area contributed by atoms with Crippen LogP contribution in [0.25, 0.3) is 11.4 Å². The Kier molecular flexibility index (Phi) is 6.26. The summed E-state index contributed by atoms with van der Waals surface area (Å²) in [4.78, 5) is 12.5. The summed E-state index contributed by atoms with van der Waals surface area (Å²) in [6.45, 7) is 1.94. The summed E-state index contributed by atoms with van der Waals surface area (Å²) in [5.74, 6) is 7.11. The second-order valence-corrected chi connectivity index (χ2v) is 7.67. The summed E-state index contributed by atoms with van der Waals surface area (Å²) in [6, 6.07) is 9.31. The van der Waals surface area contributed by atoms with Crippen molar-refractivity contribution in [1.82, 2.24) is 14.9 Å². The number of methoxy groups -OCH3 is 1. The van der Waals surface area contributed by atoms with Gasteiger partial charge in [0, 0.05) is 16.9 Å². The fraction of sp³-hybridized carbons (Fsp3) is 0.222. The highest BCUT2D eigenvalue weighted by Crippen LogP contribution is 2.35. The number of esters is 1. The summed E-state index contributed by atoms with van der Waals surface area (Å²) in [5, 5.41) is 18.4. The number of anilines is 1. The molecule has 3 aromatic rings. The molecule has 29 heavy (non-hydrogen) atoms. The van der Waals surface area contributed by atoms with Crippen LogP contribution >= 0.6 is 23.1 Å². The van der Waals surface area contributed by atoms with Gasteiger partial charge < -0.3 is 21.1 Å². The fourth-order valence-corrected chi connectivity index (χ4v) is 4.46. The van der Waals surface area contributed by atoms with E-state index in [1.807, 2.05) is 12.1 Å². The average Bonchev–Trinajstić information content (AvgIpc) is 3.25. The van der Waals surface area contributed by atoms with E-state index in [0.29, 0.717) is 21.4 Å². The predicted octanol–water partition coefficient (Wildman–Crippen LogP) is 2.65. The first-order valence-electron chi connectivity index (χ1n) is 8.46. The Morgan fingerprint density at radius 2 is 2.07 bits per heavy atom. The van der Waals surface area contributed by atoms with E-state index in [0.717, 1.165) is 22.6 Å². The molecule has 0 radical (unpaired) electrons. The van der Waals surface area contributed by atoms with Crippen molar-refractivity contribution in [2.24, 2.45) is 0 Å². The maximum Gasteiger partial charge on any atom is 0.348 e. The van der Waals surface area contributed by atoms with E-state index in [1.165, 1.54) is 16.4 Å². The van der Waals surface area contributed by atoms with Crippen molar-refractivity contribution in [3.05, 3.63) is 40.3 Å². The molecule has 0 atom stereocenters. The first-order valence-corrected chi connectivity index (χ1v) is 10.3. The number of nitrogens with zero attached hydrogens (tertiary/aromatic N) is 4. The van der Waals surface area contributed by atoms with Gasteiger partial charge in [-0.1, -0.05) is 11.8 Å². The van der Waals surface area contributed by atoms with Gasteiger partial charge in [-0.15, -0.1) is 21.5 Å². The number of thioether (sulfide) groups is 1. The fourth-order valence-electron chi connectivity index (χ4n) is 2.56. The van der Waals surface area contributed by atoms with E-state index in [4.69, 9.17) is 21.1 Å². The lowest BCUT2D eigenvalue weighted by molar-refractivity contribution is 0.0531. The molecule has 0 amide bonds. The highest BCUT2D eigenvalue weighted by molar-refractivity contribution is 7.98. The lowest BCUT2D eigenvalue weighted by atomic mass is 10.2. The number of thiophene rings is 1. The molecule has 2 aromatic heterocycles. The molecule has 4 N–H and O–H groups in total. The largest absolute Gasteiger partial charge is 0.497 e. The number of carbonyl (C=O) groups excluding carboxylic acids is 1. The number of benzene rings is 1. The van der Waals surface area contributed by atoms with Gasteiger partial charge in [-0.25, -0.2) is 9.47 Å².